The van der Waals surface area contributed by atoms with Gasteiger partial charge in [-0.2, -0.15) is 0 Å². The lowest BCUT2D eigenvalue weighted by molar-refractivity contribution is 0.542. The summed E-state index contributed by atoms with van der Waals surface area (Å²) in [6, 6.07) is 11.8. The molecule has 1 aromatic carbocycles. The maximum Gasteiger partial charge on any atom is 0.350 e. The highest BCUT2D eigenvalue weighted by Crippen LogP contribution is 2.46. The van der Waals surface area contributed by atoms with E-state index in [0.717, 1.165) is 22.3 Å². The number of fused-ring (bicyclic) bond motifs is 3. The molecular formula is C16H11NO2S. The minimum absolute atomic E-state index is 0.222. The number of rotatable bonds is 1. The number of pyridine rings is 1. The number of hydrogen-bond donors (Lipinski definition) is 0. The molecule has 0 saturated carbocycles. The first-order valence-corrected chi connectivity index (χ1v) is 7.32. The highest BCUT2D eigenvalue weighted by atomic mass is 32.2. The lowest BCUT2D eigenvalue weighted by Gasteiger charge is -2.07. The van der Waals surface area contributed by atoms with Gasteiger partial charge in [-0.15, -0.1) is 11.8 Å². The minimum atomic E-state index is -0.222. The Morgan fingerprint density at radius 3 is 2.80 bits per heavy atom. The van der Waals surface area contributed by atoms with E-state index in [1.165, 1.54) is 5.56 Å². The van der Waals surface area contributed by atoms with E-state index in [-0.39, 0.29) is 10.9 Å². The van der Waals surface area contributed by atoms with E-state index in [4.69, 9.17) is 4.42 Å². The van der Waals surface area contributed by atoms with Crippen LogP contribution in [0.3, 0.4) is 0 Å². The largest absolute Gasteiger partial charge is 0.422 e. The molecule has 20 heavy (non-hydrogen) atoms. The number of hydrogen-bond acceptors (Lipinski definition) is 4. The summed E-state index contributed by atoms with van der Waals surface area (Å²) in [7, 11) is 0. The summed E-state index contributed by atoms with van der Waals surface area (Å²) >= 11 is 1.60. The third kappa shape index (κ3) is 1.76. The number of thioether (sulfide) groups is 1. The van der Waals surface area contributed by atoms with E-state index in [1.54, 1.807) is 24.2 Å². The summed E-state index contributed by atoms with van der Waals surface area (Å²) in [5.41, 5.74) is 2.76. The van der Waals surface area contributed by atoms with Gasteiger partial charge >= 0.3 is 5.63 Å². The predicted octanol–water partition coefficient (Wildman–Crippen LogP) is 3.58. The molecule has 0 fully saturated rings. The van der Waals surface area contributed by atoms with Gasteiger partial charge in [0.05, 0.1) is 4.90 Å². The summed E-state index contributed by atoms with van der Waals surface area (Å²) in [4.78, 5) is 16.9. The van der Waals surface area contributed by atoms with Crippen molar-refractivity contribution >= 4 is 22.7 Å². The van der Waals surface area contributed by atoms with E-state index in [1.807, 2.05) is 36.4 Å². The van der Waals surface area contributed by atoms with Crippen LogP contribution in [-0.4, -0.2) is 4.98 Å². The Labute approximate surface area is 119 Å². The first-order chi connectivity index (χ1) is 9.83. The number of aromatic nitrogens is 1. The maximum absolute atomic E-state index is 12.1. The highest BCUT2D eigenvalue weighted by Gasteiger charge is 2.28. The van der Waals surface area contributed by atoms with Gasteiger partial charge in [0.25, 0.3) is 0 Å². The van der Waals surface area contributed by atoms with Crippen LogP contribution in [0.2, 0.25) is 0 Å². The fraction of sp³-hybridized carbons (Fsp3) is 0.125. The van der Waals surface area contributed by atoms with Crippen LogP contribution in [0.1, 0.15) is 16.4 Å². The third-order valence-corrected chi connectivity index (χ3v) is 4.97. The molecule has 1 aliphatic heterocycles. The molecule has 3 aromatic rings. The van der Waals surface area contributed by atoms with Crippen LogP contribution in [0.25, 0.3) is 11.0 Å². The molecule has 0 aliphatic carbocycles. The zero-order valence-corrected chi connectivity index (χ0v) is 11.4. The highest BCUT2D eigenvalue weighted by molar-refractivity contribution is 7.99. The normalized spacial score (nSPS) is 17.3. The summed E-state index contributed by atoms with van der Waals surface area (Å²) in [6.07, 6.45) is 4.44. The SMILES string of the molecule is O=c1oc2ccccc2c2c1S[C@H](c1ccncc1)C2. The van der Waals surface area contributed by atoms with Crippen molar-refractivity contribution in [2.45, 2.75) is 16.6 Å². The molecule has 0 saturated heterocycles. The van der Waals surface area contributed by atoms with Crippen molar-refractivity contribution in [3.63, 3.8) is 0 Å². The minimum Gasteiger partial charge on any atom is -0.422 e. The zero-order chi connectivity index (χ0) is 13.5. The Balaban J connectivity index is 1.87. The molecule has 3 heterocycles. The fourth-order valence-electron chi connectivity index (χ4n) is 2.65. The quantitative estimate of drug-likeness (QED) is 0.639. The first-order valence-electron chi connectivity index (χ1n) is 6.44. The Morgan fingerprint density at radius 1 is 1.15 bits per heavy atom. The topological polar surface area (TPSA) is 43.1 Å². The number of nitrogens with zero attached hydrogens (tertiary/aromatic N) is 1. The van der Waals surface area contributed by atoms with Crippen molar-refractivity contribution < 1.29 is 4.42 Å². The van der Waals surface area contributed by atoms with Crippen LogP contribution < -0.4 is 5.63 Å². The summed E-state index contributed by atoms with van der Waals surface area (Å²) in [5, 5.41) is 1.31. The Bertz CT molecular complexity index is 842. The molecule has 4 rings (SSSR count). The van der Waals surface area contributed by atoms with Gasteiger partial charge in [0.1, 0.15) is 5.58 Å². The molecule has 98 valence electrons. The second-order valence-corrected chi connectivity index (χ2v) is 6.00. The average Bonchev–Trinajstić information content (AvgIpc) is 2.94. The lowest BCUT2D eigenvalue weighted by Crippen LogP contribution is -2.02. The molecule has 0 bridgehead atoms. The standard InChI is InChI=1S/C16H11NO2S/c18-16-15-12(11-3-1-2-4-13(11)19-16)9-14(20-15)10-5-7-17-8-6-10/h1-8,14H,9H2/t14-/m0/s1. The van der Waals surface area contributed by atoms with Gasteiger partial charge in [0.2, 0.25) is 0 Å². The molecule has 0 unspecified atom stereocenters. The maximum atomic E-state index is 12.1. The van der Waals surface area contributed by atoms with Gasteiger partial charge < -0.3 is 4.42 Å². The predicted molar refractivity (Wildman–Crippen MR) is 79.0 cm³/mol. The van der Waals surface area contributed by atoms with Gasteiger partial charge in [-0.05, 0) is 35.7 Å². The van der Waals surface area contributed by atoms with Crippen LogP contribution in [0.4, 0.5) is 0 Å². The molecule has 0 amide bonds. The van der Waals surface area contributed by atoms with Crippen LogP contribution in [0.15, 0.2) is 62.9 Å². The van der Waals surface area contributed by atoms with E-state index in [9.17, 15) is 4.79 Å². The Morgan fingerprint density at radius 2 is 1.95 bits per heavy atom. The molecule has 3 nitrogen and oxygen atoms in total. The molecule has 1 aliphatic rings. The molecule has 0 radical (unpaired) electrons. The van der Waals surface area contributed by atoms with Gasteiger partial charge in [0, 0.05) is 23.0 Å². The van der Waals surface area contributed by atoms with E-state index >= 15 is 0 Å². The lowest BCUT2D eigenvalue weighted by atomic mass is 10.0. The molecule has 4 heteroatoms. The van der Waals surface area contributed by atoms with Crippen molar-refractivity contribution in [1.82, 2.24) is 4.98 Å². The first kappa shape index (κ1) is 11.7. The second kappa shape index (κ2) is 4.49. The number of para-hydroxylation sites is 1. The Hall–Kier alpha value is -2.07. The molecular weight excluding hydrogens is 270 g/mol. The van der Waals surface area contributed by atoms with Gasteiger partial charge in [0.15, 0.2) is 0 Å². The summed E-state index contributed by atoms with van der Waals surface area (Å²) in [5.74, 6) is 0. The number of benzene rings is 1. The van der Waals surface area contributed by atoms with Crippen molar-refractivity contribution in [3.05, 3.63) is 70.3 Å². The summed E-state index contributed by atoms with van der Waals surface area (Å²) in [6.45, 7) is 0. The van der Waals surface area contributed by atoms with Crippen LogP contribution in [0, 0.1) is 0 Å². The molecule has 0 N–H and O–H groups in total. The Kier molecular flexibility index (Phi) is 2.63. The van der Waals surface area contributed by atoms with E-state index in [0.29, 0.717) is 5.58 Å². The van der Waals surface area contributed by atoms with Crippen molar-refractivity contribution in [2.24, 2.45) is 0 Å². The van der Waals surface area contributed by atoms with Gasteiger partial charge in [-0.25, -0.2) is 4.79 Å². The average molecular weight is 281 g/mol. The summed E-state index contributed by atoms with van der Waals surface area (Å²) < 4.78 is 5.40. The van der Waals surface area contributed by atoms with Gasteiger partial charge in [-0.1, -0.05) is 18.2 Å². The van der Waals surface area contributed by atoms with E-state index in [2.05, 4.69) is 4.98 Å². The smallest absolute Gasteiger partial charge is 0.350 e. The van der Waals surface area contributed by atoms with Crippen LogP contribution in [-0.2, 0) is 6.42 Å². The molecule has 2 aromatic heterocycles. The second-order valence-electron chi connectivity index (χ2n) is 4.78. The monoisotopic (exact) mass is 281 g/mol. The molecule has 1 atom stereocenters. The van der Waals surface area contributed by atoms with Crippen molar-refractivity contribution in [2.75, 3.05) is 0 Å². The fourth-order valence-corrected chi connectivity index (χ4v) is 3.95. The van der Waals surface area contributed by atoms with Crippen LogP contribution >= 0.6 is 11.8 Å². The zero-order valence-electron chi connectivity index (χ0n) is 10.6. The third-order valence-electron chi connectivity index (χ3n) is 3.60. The van der Waals surface area contributed by atoms with Crippen LogP contribution in [0.5, 0.6) is 0 Å². The van der Waals surface area contributed by atoms with Crippen molar-refractivity contribution in [1.29, 1.82) is 0 Å². The van der Waals surface area contributed by atoms with Gasteiger partial charge in [-0.3, -0.25) is 4.98 Å². The van der Waals surface area contributed by atoms with E-state index < -0.39 is 0 Å². The van der Waals surface area contributed by atoms with Crippen molar-refractivity contribution in [3.8, 4) is 0 Å². The molecule has 0 spiro atoms.